The predicted octanol–water partition coefficient (Wildman–Crippen LogP) is 3.23. The maximum Gasteiger partial charge on any atom is 0.343 e. The van der Waals surface area contributed by atoms with Crippen molar-refractivity contribution in [2.24, 2.45) is 0 Å². The highest BCUT2D eigenvalue weighted by atomic mass is 16.4. The number of amides is 1. The Hall–Kier alpha value is -3.41. The van der Waals surface area contributed by atoms with Gasteiger partial charge in [-0.2, -0.15) is 0 Å². The average Bonchev–Trinajstić information content (AvgIpc) is 2.74. The molecular formula is C24H28N3O3+. The van der Waals surface area contributed by atoms with E-state index in [0.29, 0.717) is 24.2 Å². The predicted molar refractivity (Wildman–Crippen MR) is 120 cm³/mol. The standard InChI is InChI=1S/C24H27N3O3/c1-4-27(5-2)22-9-8-20-16-21(24(29)30-23(20)17-22)7-6-19-10-13-26(14-11-19)15-12-25-18(3)28/h6-11,13-14,16-17H,4-5,12,15H2,1-3H3/p+1. The molecule has 3 aromatic rings. The molecule has 2 heterocycles. The minimum absolute atomic E-state index is 0.0337. The van der Waals surface area contributed by atoms with Crippen molar-refractivity contribution >= 4 is 34.7 Å². The van der Waals surface area contributed by atoms with Gasteiger partial charge in [0.05, 0.1) is 12.1 Å². The van der Waals surface area contributed by atoms with Crippen molar-refractivity contribution in [1.29, 1.82) is 0 Å². The highest BCUT2D eigenvalue weighted by Crippen LogP contribution is 2.22. The van der Waals surface area contributed by atoms with Gasteiger partial charge in [0.15, 0.2) is 18.9 Å². The number of carbonyl (C=O) groups is 1. The summed E-state index contributed by atoms with van der Waals surface area (Å²) >= 11 is 0. The lowest BCUT2D eigenvalue weighted by molar-refractivity contribution is -0.694. The fraction of sp³-hybridized carbons (Fsp3) is 0.292. The zero-order chi connectivity index (χ0) is 21.5. The van der Waals surface area contributed by atoms with Crippen LogP contribution in [0.2, 0.25) is 0 Å². The third-order valence-corrected chi connectivity index (χ3v) is 4.99. The van der Waals surface area contributed by atoms with E-state index in [1.165, 1.54) is 6.92 Å². The van der Waals surface area contributed by atoms with Crippen molar-refractivity contribution in [2.75, 3.05) is 24.5 Å². The van der Waals surface area contributed by atoms with Crippen LogP contribution in [0.4, 0.5) is 5.69 Å². The maximum absolute atomic E-state index is 12.4. The van der Waals surface area contributed by atoms with Crippen LogP contribution in [0.1, 0.15) is 31.9 Å². The Morgan fingerprint density at radius 2 is 1.83 bits per heavy atom. The topological polar surface area (TPSA) is 66.4 Å². The second-order valence-electron chi connectivity index (χ2n) is 7.07. The van der Waals surface area contributed by atoms with Crippen LogP contribution in [0, 0.1) is 0 Å². The largest absolute Gasteiger partial charge is 0.422 e. The molecule has 0 spiro atoms. The van der Waals surface area contributed by atoms with E-state index in [1.807, 2.05) is 53.4 Å². The molecule has 0 aliphatic carbocycles. The molecule has 0 atom stereocenters. The number of hydrogen-bond donors (Lipinski definition) is 1. The van der Waals surface area contributed by atoms with Crippen LogP contribution >= 0.6 is 0 Å². The molecule has 1 aromatic carbocycles. The van der Waals surface area contributed by atoms with E-state index in [1.54, 1.807) is 6.08 Å². The minimum atomic E-state index is -0.350. The molecule has 0 unspecified atom stereocenters. The van der Waals surface area contributed by atoms with Gasteiger partial charge in [0.2, 0.25) is 5.91 Å². The summed E-state index contributed by atoms with van der Waals surface area (Å²) in [6, 6.07) is 11.8. The first-order valence-electron chi connectivity index (χ1n) is 10.2. The molecule has 0 saturated carbocycles. The van der Waals surface area contributed by atoms with Crippen molar-refractivity contribution in [3.8, 4) is 0 Å². The quantitative estimate of drug-likeness (QED) is 0.461. The molecular weight excluding hydrogens is 378 g/mol. The molecule has 0 radical (unpaired) electrons. The van der Waals surface area contributed by atoms with Gasteiger partial charge in [-0.3, -0.25) is 4.79 Å². The number of nitrogens with zero attached hydrogens (tertiary/aromatic N) is 2. The second kappa shape index (κ2) is 9.87. The molecule has 0 bridgehead atoms. The number of hydrogen-bond acceptors (Lipinski definition) is 4. The Morgan fingerprint density at radius 3 is 2.50 bits per heavy atom. The summed E-state index contributed by atoms with van der Waals surface area (Å²) in [5.41, 5.74) is 2.79. The number of nitrogens with one attached hydrogen (secondary N) is 1. The Balaban J connectivity index is 1.75. The number of aromatic nitrogens is 1. The molecule has 1 amide bonds. The molecule has 3 rings (SSSR count). The van der Waals surface area contributed by atoms with Crippen LogP contribution in [0.25, 0.3) is 23.1 Å². The Morgan fingerprint density at radius 1 is 1.10 bits per heavy atom. The molecule has 0 aliphatic rings. The SMILES string of the molecule is CCN(CC)c1ccc2cc(/C=C/c3cc[n+](CCNC(C)=O)cc3)c(=O)oc2c1. The third-order valence-electron chi connectivity index (χ3n) is 4.99. The van der Waals surface area contributed by atoms with Crippen molar-refractivity contribution in [1.82, 2.24) is 5.32 Å². The van der Waals surface area contributed by atoms with Gasteiger partial charge in [-0.1, -0.05) is 6.08 Å². The summed E-state index contributed by atoms with van der Waals surface area (Å²) < 4.78 is 7.56. The Kier molecular flexibility index (Phi) is 7.01. The summed E-state index contributed by atoms with van der Waals surface area (Å²) in [6.07, 6.45) is 7.55. The summed E-state index contributed by atoms with van der Waals surface area (Å²) in [7, 11) is 0. The van der Waals surface area contributed by atoms with Crippen LogP contribution in [0.15, 0.2) is 58.0 Å². The maximum atomic E-state index is 12.4. The molecule has 0 fully saturated rings. The van der Waals surface area contributed by atoms with Gasteiger partial charge in [0.25, 0.3) is 0 Å². The highest BCUT2D eigenvalue weighted by Gasteiger charge is 2.07. The first-order valence-corrected chi connectivity index (χ1v) is 10.2. The van der Waals surface area contributed by atoms with E-state index in [4.69, 9.17) is 4.42 Å². The molecule has 156 valence electrons. The molecule has 6 heteroatoms. The highest BCUT2D eigenvalue weighted by molar-refractivity contribution is 5.83. The van der Waals surface area contributed by atoms with Gasteiger partial charge in [-0.15, -0.1) is 0 Å². The number of carbonyl (C=O) groups excluding carboxylic acids is 1. The van der Waals surface area contributed by atoms with E-state index in [0.717, 1.165) is 29.7 Å². The third kappa shape index (κ3) is 5.35. The lowest BCUT2D eigenvalue weighted by atomic mass is 10.1. The fourth-order valence-corrected chi connectivity index (χ4v) is 3.29. The summed E-state index contributed by atoms with van der Waals surface area (Å²) in [6.45, 7) is 8.80. The average molecular weight is 407 g/mol. The normalized spacial score (nSPS) is 11.2. The van der Waals surface area contributed by atoms with E-state index in [9.17, 15) is 9.59 Å². The second-order valence-corrected chi connectivity index (χ2v) is 7.07. The van der Waals surface area contributed by atoms with Crippen molar-refractivity contribution in [3.63, 3.8) is 0 Å². The summed E-state index contributed by atoms with van der Waals surface area (Å²) in [5, 5.41) is 3.67. The molecule has 1 N–H and O–H groups in total. The Labute approximate surface area is 176 Å². The van der Waals surface area contributed by atoms with Gasteiger partial charge in [0.1, 0.15) is 5.58 Å². The summed E-state index contributed by atoms with van der Waals surface area (Å²) in [5.74, 6) is -0.0337. The zero-order valence-electron chi connectivity index (χ0n) is 17.7. The van der Waals surface area contributed by atoms with E-state index >= 15 is 0 Å². The molecule has 6 nitrogen and oxygen atoms in total. The molecule has 30 heavy (non-hydrogen) atoms. The minimum Gasteiger partial charge on any atom is -0.422 e. The van der Waals surface area contributed by atoms with Crippen LogP contribution in [-0.4, -0.2) is 25.5 Å². The van der Waals surface area contributed by atoms with Crippen molar-refractivity contribution < 1.29 is 13.8 Å². The molecule has 0 aliphatic heterocycles. The first-order chi connectivity index (χ1) is 14.5. The van der Waals surface area contributed by atoms with Crippen LogP contribution < -0.4 is 20.4 Å². The van der Waals surface area contributed by atoms with Gasteiger partial charge in [-0.25, -0.2) is 9.36 Å². The molecule has 0 saturated heterocycles. The van der Waals surface area contributed by atoms with Gasteiger partial charge < -0.3 is 14.6 Å². The zero-order valence-corrected chi connectivity index (χ0v) is 17.7. The van der Waals surface area contributed by atoms with Gasteiger partial charge >= 0.3 is 5.63 Å². The monoisotopic (exact) mass is 406 g/mol. The smallest absolute Gasteiger partial charge is 0.343 e. The number of rotatable bonds is 8. The molecule has 2 aromatic heterocycles. The van der Waals surface area contributed by atoms with Crippen LogP contribution in [0.5, 0.6) is 0 Å². The lowest BCUT2D eigenvalue weighted by Gasteiger charge is -2.20. The van der Waals surface area contributed by atoms with Crippen molar-refractivity contribution in [2.45, 2.75) is 27.3 Å². The van der Waals surface area contributed by atoms with Crippen LogP contribution in [0.3, 0.4) is 0 Å². The van der Waals surface area contributed by atoms with E-state index < -0.39 is 0 Å². The Bertz CT molecular complexity index is 1100. The number of fused-ring (bicyclic) bond motifs is 1. The summed E-state index contributed by atoms with van der Waals surface area (Å²) in [4.78, 5) is 25.6. The fourth-order valence-electron chi connectivity index (χ4n) is 3.29. The lowest BCUT2D eigenvalue weighted by Crippen LogP contribution is -2.39. The van der Waals surface area contributed by atoms with Gasteiger partial charge in [0, 0.05) is 49.3 Å². The van der Waals surface area contributed by atoms with Crippen LogP contribution in [-0.2, 0) is 11.3 Å². The van der Waals surface area contributed by atoms with Crippen molar-refractivity contribution in [3.05, 3.63) is 70.3 Å². The number of anilines is 1. The first kappa shape index (κ1) is 21.3. The van der Waals surface area contributed by atoms with E-state index in [-0.39, 0.29) is 11.5 Å². The van der Waals surface area contributed by atoms with Gasteiger partial charge in [-0.05, 0) is 43.7 Å². The number of pyridine rings is 1. The number of benzene rings is 1. The van der Waals surface area contributed by atoms with E-state index in [2.05, 4.69) is 30.1 Å².